The minimum Gasteiger partial charge on any atom is -0.460 e. The molecular formula is C17H32O4Si. The molecule has 1 heterocycles. The Balaban J connectivity index is 2.81. The Kier molecular flexibility index (Phi) is 6.39. The minimum atomic E-state index is -2.00. The van der Waals surface area contributed by atoms with E-state index in [1.807, 2.05) is 6.92 Å². The second kappa shape index (κ2) is 7.26. The number of ketones is 1. The highest BCUT2D eigenvalue weighted by molar-refractivity contribution is 6.74. The molecule has 0 aromatic heterocycles. The van der Waals surface area contributed by atoms with Crippen LogP contribution in [0, 0.1) is 5.92 Å². The number of esters is 1. The fraction of sp³-hybridized carbons (Fsp3) is 0.882. The normalized spacial score (nSPS) is 26.1. The summed E-state index contributed by atoms with van der Waals surface area (Å²) in [6.07, 6.45) is 2.10. The zero-order valence-corrected chi connectivity index (χ0v) is 16.2. The average Bonchev–Trinajstić information content (AvgIpc) is 2.61. The second-order valence-corrected chi connectivity index (χ2v) is 12.7. The maximum absolute atomic E-state index is 12.1. The fourth-order valence-corrected chi connectivity index (χ4v) is 3.80. The monoisotopic (exact) mass is 328 g/mol. The Bertz CT molecular complexity index is 411. The van der Waals surface area contributed by atoms with Crippen LogP contribution in [0.2, 0.25) is 18.1 Å². The predicted molar refractivity (Wildman–Crippen MR) is 90.3 cm³/mol. The van der Waals surface area contributed by atoms with Crippen LogP contribution >= 0.6 is 0 Å². The number of cyclic esters (lactones) is 1. The third-order valence-electron chi connectivity index (χ3n) is 4.96. The van der Waals surface area contributed by atoms with Crippen molar-refractivity contribution in [3.63, 3.8) is 0 Å². The van der Waals surface area contributed by atoms with Crippen molar-refractivity contribution in [1.29, 1.82) is 0 Å². The van der Waals surface area contributed by atoms with Gasteiger partial charge in [-0.25, -0.2) is 0 Å². The predicted octanol–water partition coefficient (Wildman–Crippen LogP) is 4.09. The van der Waals surface area contributed by atoms with Crippen molar-refractivity contribution >= 4 is 20.1 Å². The Morgan fingerprint density at radius 1 is 1.32 bits per heavy atom. The number of hydrogen-bond acceptors (Lipinski definition) is 4. The molecule has 0 bridgehead atoms. The molecule has 5 heteroatoms. The number of hydrogen-bond donors (Lipinski definition) is 0. The zero-order chi connectivity index (χ0) is 17.1. The number of carbonyl (C=O) groups is 2. The molecule has 0 aliphatic carbocycles. The van der Waals surface area contributed by atoms with Crippen molar-refractivity contribution < 1.29 is 18.8 Å². The van der Waals surface area contributed by atoms with Gasteiger partial charge in [0, 0.05) is 12.8 Å². The van der Waals surface area contributed by atoms with E-state index < -0.39 is 14.2 Å². The van der Waals surface area contributed by atoms with Gasteiger partial charge in [-0.2, -0.15) is 0 Å². The first-order chi connectivity index (χ1) is 9.99. The minimum absolute atomic E-state index is 0.0646. The number of Topliss-reactive ketones (excluding diaryl/α,β-unsaturated/α-hetero) is 1. The highest BCUT2D eigenvalue weighted by Gasteiger charge is 2.49. The lowest BCUT2D eigenvalue weighted by Crippen LogP contribution is -2.47. The van der Waals surface area contributed by atoms with E-state index in [-0.39, 0.29) is 35.4 Å². The largest absolute Gasteiger partial charge is 0.460 e. The van der Waals surface area contributed by atoms with Crippen molar-refractivity contribution in [2.24, 2.45) is 5.92 Å². The van der Waals surface area contributed by atoms with E-state index in [0.717, 1.165) is 12.8 Å². The molecule has 0 amide bonds. The Hall–Kier alpha value is -0.683. The van der Waals surface area contributed by atoms with Gasteiger partial charge in [0.1, 0.15) is 11.9 Å². The molecule has 1 aliphatic rings. The quantitative estimate of drug-likeness (QED) is 0.522. The molecule has 1 fully saturated rings. The van der Waals surface area contributed by atoms with Crippen molar-refractivity contribution in [2.45, 2.75) is 90.6 Å². The molecule has 0 radical (unpaired) electrons. The summed E-state index contributed by atoms with van der Waals surface area (Å²) < 4.78 is 11.8. The molecule has 0 unspecified atom stereocenters. The van der Waals surface area contributed by atoms with Gasteiger partial charge in [-0.3, -0.25) is 9.59 Å². The lowest BCUT2D eigenvalue weighted by atomic mass is 9.94. The van der Waals surface area contributed by atoms with Gasteiger partial charge < -0.3 is 9.16 Å². The van der Waals surface area contributed by atoms with Crippen molar-refractivity contribution in [3.05, 3.63) is 0 Å². The van der Waals surface area contributed by atoms with Crippen LogP contribution in [0.5, 0.6) is 0 Å². The first-order valence-corrected chi connectivity index (χ1v) is 11.3. The Labute approximate surface area is 136 Å². The van der Waals surface area contributed by atoms with E-state index in [0.29, 0.717) is 6.42 Å². The molecule has 3 atom stereocenters. The van der Waals surface area contributed by atoms with Gasteiger partial charge in [0.2, 0.25) is 0 Å². The molecule has 4 nitrogen and oxygen atoms in total. The van der Waals surface area contributed by atoms with Gasteiger partial charge in [-0.15, -0.1) is 0 Å². The van der Waals surface area contributed by atoms with Gasteiger partial charge >= 0.3 is 5.97 Å². The second-order valence-electron chi connectivity index (χ2n) is 7.94. The summed E-state index contributed by atoms with van der Waals surface area (Å²) >= 11 is 0. The molecule has 128 valence electrons. The summed E-state index contributed by atoms with van der Waals surface area (Å²) in [5, 5.41) is 0.0646. The van der Waals surface area contributed by atoms with Crippen LogP contribution in [0.3, 0.4) is 0 Å². The maximum Gasteiger partial charge on any atom is 0.312 e. The summed E-state index contributed by atoms with van der Waals surface area (Å²) in [7, 11) is -2.00. The molecule has 0 aromatic carbocycles. The highest BCUT2D eigenvalue weighted by Crippen LogP contribution is 2.40. The van der Waals surface area contributed by atoms with Crippen LogP contribution in [0.4, 0.5) is 0 Å². The summed E-state index contributed by atoms with van der Waals surface area (Å²) in [5.41, 5.74) is 0. The van der Waals surface area contributed by atoms with Crippen molar-refractivity contribution in [2.75, 3.05) is 0 Å². The summed E-state index contributed by atoms with van der Waals surface area (Å²) in [5.74, 6) is -0.573. The van der Waals surface area contributed by atoms with E-state index in [2.05, 4.69) is 40.8 Å². The molecule has 22 heavy (non-hydrogen) atoms. The maximum atomic E-state index is 12.1. The van der Waals surface area contributed by atoms with E-state index >= 15 is 0 Å². The molecule has 0 N–H and O–H groups in total. The molecule has 0 aromatic rings. The van der Waals surface area contributed by atoms with Crippen molar-refractivity contribution in [1.82, 2.24) is 0 Å². The summed E-state index contributed by atoms with van der Waals surface area (Å²) in [6, 6.07) is 0. The van der Waals surface area contributed by atoms with Crippen LogP contribution < -0.4 is 0 Å². The van der Waals surface area contributed by atoms with Crippen LogP contribution in [0.15, 0.2) is 0 Å². The molecule has 1 rings (SSSR count). The van der Waals surface area contributed by atoms with Crippen LogP contribution in [-0.2, 0) is 18.8 Å². The molecule has 0 saturated carbocycles. The third kappa shape index (κ3) is 4.65. The van der Waals surface area contributed by atoms with Crippen molar-refractivity contribution in [3.8, 4) is 0 Å². The van der Waals surface area contributed by atoms with Crippen LogP contribution in [-0.4, -0.2) is 32.3 Å². The fourth-order valence-electron chi connectivity index (χ4n) is 2.41. The summed E-state index contributed by atoms with van der Waals surface area (Å²) in [4.78, 5) is 24.2. The molecule has 1 aliphatic heterocycles. The summed E-state index contributed by atoms with van der Waals surface area (Å²) in [6.45, 7) is 14.8. The van der Waals surface area contributed by atoms with Crippen LogP contribution in [0.25, 0.3) is 0 Å². The van der Waals surface area contributed by atoms with Gasteiger partial charge in [-0.1, -0.05) is 34.1 Å². The molecule has 0 spiro atoms. The zero-order valence-electron chi connectivity index (χ0n) is 15.2. The first kappa shape index (κ1) is 19.4. The third-order valence-corrected chi connectivity index (χ3v) is 9.43. The number of ether oxygens (including phenoxy) is 1. The number of carbonyl (C=O) groups excluding carboxylic acids is 2. The lowest BCUT2D eigenvalue weighted by Gasteiger charge is -2.39. The van der Waals surface area contributed by atoms with Gasteiger partial charge in [0.15, 0.2) is 8.32 Å². The molecule has 1 saturated heterocycles. The van der Waals surface area contributed by atoms with E-state index in [4.69, 9.17) is 9.16 Å². The number of rotatable bonds is 7. The first-order valence-electron chi connectivity index (χ1n) is 8.39. The highest BCUT2D eigenvalue weighted by atomic mass is 28.4. The number of unbranched alkanes of at least 4 members (excludes halogenated alkanes) is 1. The average molecular weight is 329 g/mol. The van der Waals surface area contributed by atoms with Gasteiger partial charge in [0.25, 0.3) is 0 Å². The van der Waals surface area contributed by atoms with E-state index in [1.54, 1.807) is 0 Å². The lowest BCUT2D eigenvalue weighted by molar-refractivity contribution is -0.145. The standard InChI is InChI=1S/C17H32O4Si/c1-8-9-10-13(18)11-14-15(12(2)20-16(14)19)21-22(6,7)17(3,4)5/h12,14-15H,8-11H2,1-7H3/t12-,14+,15-/m0/s1. The Morgan fingerprint density at radius 3 is 2.41 bits per heavy atom. The van der Waals surface area contributed by atoms with Gasteiger partial charge in [0.05, 0.1) is 12.0 Å². The van der Waals surface area contributed by atoms with Gasteiger partial charge in [-0.05, 0) is 31.5 Å². The molecular weight excluding hydrogens is 296 g/mol. The SMILES string of the molecule is CCCCC(=O)C[C@H]1C(=O)O[C@@H](C)[C@@H]1O[Si](C)(C)C(C)(C)C. The Morgan fingerprint density at radius 2 is 1.91 bits per heavy atom. The topological polar surface area (TPSA) is 52.6 Å². The van der Waals surface area contributed by atoms with E-state index in [9.17, 15) is 9.59 Å². The van der Waals surface area contributed by atoms with Crippen LogP contribution in [0.1, 0.15) is 60.3 Å². The van der Waals surface area contributed by atoms with E-state index in [1.165, 1.54) is 0 Å². The smallest absolute Gasteiger partial charge is 0.312 e.